The summed E-state index contributed by atoms with van der Waals surface area (Å²) in [6.45, 7) is 11.5. The molecule has 0 bridgehead atoms. The summed E-state index contributed by atoms with van der Waals surface area (Å²) in [5.41, 5.74) is 2.87. The Balaban J connectivity index is 2.63. The standard InChI is InChI=1S/C21H35/c1-6-8-10-21(17(3)4)20(9-7-2)16-15-19-13-11-18(5)12-14-19/h11-14,20-21H,6-10,15-16H2,1-5H3. The van der Waals surface area contributed by atoms with E-state index in [9.17, 15) is 0 Å². The lowest BCUT2D eigenvalue weighted by Gasteiger charge is -2.30. The number of rotatable bonds is 10. The van der Waals surface area contributed by atoms with E-state index in [1.807, 2.05) is 0 Å². The lowest BCUT2D eigenvalue weighted by atomic mass is 9.75. The van der Waals surface area contributed by atoms with Crippen molar-refractivity contribution in [1.29, 1.82) is 0 Å². The molecule has 0 spiro atoms. The lowest BCUT2D eigenvalue weighted by molar-refractivity contribution is 0.282. The fourth-order valence-electron chi connectivity index (χ4n) is 3.44. The van der Waals surface area contributed by atoms with Crippen molar-refractivity contribution >= 4 is 0 Å². The van der Waals surface area contributed by atoms with E-state index in [-0.39, 0.29) is 0 Å². The van der Waals surface area contributed by atoms with Crippen LogP contribution < -0.4 is 0 Å². The molecule has 1 aromatic rings. The molecule has 0 aliphatic carbocycles. The first-order chi connectivity index (χ1) is 10.1. The first-order valence-corrected chi connectivity index (χ1v) is 8.94. The maximum Gasteiger partial charge on any atom is -0.0269 e. The molecule has 0 aromatic heterocycles. The first-order valence-electron chi connectivity index (χ1n) is 8.94. The van der Waals surface area contributed by atoms with Crippen LogP contribution in [0, 0.1) is 24.7 Å². The Morgan fingerprint density at radius 2 is 1.57 bits per heavy atom. The van der Waals surface area contributed by atoms with Crippen LogP contribution in [-0.2, 0) is 6.42 Å². The molecule has 2 atom stereocenters. The van der Waals surface area contributed by atoms with Crippen LogP contribution in [0.3, 0.4) is 0 Å². The summed E-state index contributed by atoms with van der Waals surface area (Å²) in [5.74, 6) is 3.34. The zero-order valence-corrected chi connectivity index (χ0v) is 14.9. The van der Waals surface area contributed by atoms with E-state index >= 15 is 0 Å². The second-order valence-corrected chi connectivity index (χ2v) is 6.90. The molecule has 0 nitrogen and oxygen atoms in total. The number of benzene rings is 1. The van der Waals surface area contributed by atoms with Gasteiger partial charge in [-0.15, -0.1) is 0 Å². The summed E-state index contributed by atoms with van der Waals surface area (Å²) >= 11 is 0. The molecule has 1 rings (SSSR count). The smallest absolute Gasteiger partial charge is 0.0269 e. The van der Waals surface area contributed by atoms with Gasteiger partial charge in [-0.3, -0.25) is 0 Å². The summed E-state index contributed by atoms with van der Waals surface area (Å²) < 4.78 is 0. The van der Waals surface area contributed by atoms with E-state index in [1.165, 1.54) is 56.1 Å². The van der Waals surface area contributed by atoms with Crippen molar-refractivity contribution in [2.24, 2.45) is 11.8 Å². The molecule has 0 saturated heterocycles. The molecule has 1 radical (unpaired) electrons. The van der Waals surface area contributed by atoms with E-state index in [1.54, 1.807) is 5.92 Å². The molecule has 0 amide bonds. The van der Waals surface area contributed by atoms with Crippen LogP contribution in [0.4, 0.5) is 0 Å². The van der Waals surface area contributed by atoms with Crippen LogP contribution in [0.1, 0.15) is 77.3 Å². The van der Waals surface area contributed by atoms with Crippen molar-refractivity contribution in [3.8, 4) is 0 Å². The predicted octanol–water partition coefficient (Wildman–Crippen LogP) is 6.76. The Bertz CT molecular complexity index is 360. The molecule has 2 unspecified atom stereocenters. The zero-order chi connectivity index (χ0) is 15.7. The Morgan fingerprint density at radius 1 is 0.905 bits per heavy atom. The molecule has 119 valence electrons. The molecule has 0 saturated carbocycles. The maximum atomic E-state index is 2.34. The van der Waals surface area contributed by atoms with Gasteiger partial charge in [-0.25, -0.2) is 0 Å². The Hall–Kier alpha value is -0.780. The van der Waals surface area contributed by atoms with Crippen LogP contribution in [-0.4, -0.2) is 0 Å². The topological polar surface area (TPSA) is 0 Å². The molecule has 0 heteroatoms. The second-order valence-electron chi connectivity index (χ2n) is 6.90. The molecule has 0 aliphatic heterocycles. The highest BCUT2D eigenvalue weighted by Crippen LogP contribution is 2.34. The van der Waals surface area contributed by atoms with Gasteiger partial charge in [0.15, 0.2) is 0 Å². The third-order valence-corrected chi connectivity index (χ3v) is 4.76. The molecular formula is C21H35. The molecule has 1 aromatic carbocycles. The van der Waals surface area contributed by atoms with Crippen molar-refractivity contribution in [2.45, 2.75) is 79.6 Å². The molecule has 21 heavy (non-hydrogen) atoms. The molecule has 0 N–H and O–H groups in total. The summed E-state index contributed by atoms with van der Waals surface area (Å²) in [7, 11) is 0. The van der Waals surface area contributed by atoms with Gasteiger partial charge in [-0.05, 0) is 49.5 Å². The van der Waals surface area contributed by atoms with Gasteiger partial charge in [-0.1, -0.05) is 83.2 Å². The summed E-state index contributed by atoms with van der Waals surface area (Å²) in [4.78, 5) is 0. The maximum absolute atomic E-state index is 2.34. The highest BCUT2D eigenvalue weighted by atomic mass is 14.3. The Kier molecular flexibility index (Phi) is 8.73. The van der Waals surface area contributed by atoms with Gasteiger partial charge in [0.05, 0.1) is 0 Å². The number of hydrogen-bond acceptors (Lipinski definition) is 0. The van der Waals surface area contributed by atoms with E-state index in [0.717, 1.165) is 11.8 Å². The molecule has 0 heterocycles. The van der Waals surface area contributed by atoms with Crippen molar-refractivity contribution < 1.29 is 0 Å². The fourth-order valence-corrected chi connectivity index (χ4v) is 3.44. The normalized spacial score (nSPS) is 14.4. The highest BCUT2D eigenvalue weighted by molar-refractivity contribution is 5.21. The van der Waals surface area contributed by atoms with Crippen molar-refractivity contribution in [1.82, 2.24) is 0 Å². The van der Waals surface area contributed by atoms with Crippen LogP contribution in [0.15, 0.2) is 24.3 Å². The quantitative estimate of drug-likeness (QED) is 0.445. The van der Waals surface area contributed by atoms with E-state index in [0.29, 0.717) is 0 Å². The average molecular weight is 288 g/mol. The van der Waals surface area contributed by atoms with Crippen molar-refractivity contribution in [3.63, 3.8) is 0 Å². The van der Waals surface area contributed by atoms with Gasteiger partial charge in [0.25, 0.3) is 0 Å². The van der Waals surface area contributed by atoms with Gasteiger partial charge in [0, 0.05) is 0 Å². The Labute approximate surface area is 133 Å². The minimum absolute atomic E-state index is 0.829. The van der Waals surface area contributed by atoms with E-state index < -0.39 is 0 Å². The largest absolute Gasteiger partial charge is 0.0654 e. The SMILES string of the molecule is CCCCC([C](C)C)C(CCC)CCc1ccc(C)cc1. The summed E-state index contributed by atoms with van der Waals surface area (Å²) in [6.07, 6.45) is 9.36. The van der Waals surface area contributed by atoms with Crippen LogP contribution in [0.5, 0.6) is 0 Å². The Morgan fingerprint density at radius 3 is 2.10 bits per heavy atom. The monoisotopic (exact) mass is 287 g/mol. The van der Waals surface area contributed by atoms with Gasteiger partial charge in [-0.2, -0.15) is 0 Å². The van der Waals surface area contributed by atoms with E-state index in [4.69, 9.17) is 0 Å². The third-order valence-electron chi connectivity index (χ3n) is 4.76. The van der Waals surface area contributed by atoms with Crippen molar-refractivity contribution in [2.75, 3.05) is 0 Å². The van der Waals surface area contributed by atoms with Gasteiger partial charge in [0.1, 0.15) is 0 Å². The minimum atomic E-state index is 0.829. The molecular weight excluding hydrogens is 252 g/mol. The third kappa shape index (κ3) is 6.68. The van der Waals surface area contributed by atoms with Crippen molar-refractivity contribution in [3.05, 3.63) is 41.3 Å². The number of unbranched alkanes of at least 4 members (excludes halogenated alkanes) is 1. The van der Waals surface area contributed by atoms with E-state index in [2.05, 4.69) is 58.9 Å². The van der Waals surface area contributed by atoms with Crippen LogP contribution in [0.2, 0.25) is 0 Å². The van der Waals surface area contributed by atoms with Crippen LogP contribution >= 0.6 is 0 Å². The summed E-state index contributed by atoms with van der Waals surface area (Å²) in [6, 6.07) is 9.11. The van der Waals surface area contributed by atoms with Gasteiger partial charge in [0.2, 0.25) is 0 Å². The highest BCUT2D eigenvalue weighted by Gasteiger charge is 2.23. The van der Waals surface area contributed by atoms with Gasteiger partial charge < -0.3 is 0 Å². The zero-order valence-electron chi connectivity index (χ0n) is 14.9. The van der Waals surface area contributed by atoms with Gasteiger partial charge >= 0.3 is 0 Å². The minimum Gasteiger partial charge on any atom is -0.0654 e. The lowest BCUT2D eigenvalue weighted by Crippen LogP contribution is -2.20. The predicted molar refractivity (Wildman–Crippen MR) is 95.5 cm³/mol. The number of aryl methyl sites for hydroxylation is 2. The molecule has 0 fully saturated rings. The number of hydrogen-bond donors (Lipinski definition) is 0. The molecule has 0 aliphatic rings. The average Bonchev–Trinajstić information content (AvgIpc) is 2.46. The van der Waals surface area contributed by atoms with Crippen LogP contribution in [0.25, 0.3) is 0 Å². The first kappa shape index (κ1) is 18.3. The summed E-state index contributed by atoms with van der Waals surface area (Å²) in [5, 5.41) is 0. The second kappa shape index (κ2) is 10.0. The fraction of sp³-hybridized carbons (Fsp3) is 0.667.